The number of amides is 4. The summed E-state index contributed by atoms with van der Waals surface area (Å²) in [7, 11) is -3.14. The molecule has 5 heterocycles. The van der Waals surface area contributed by atoms with Crippen LogP contribution in [0.5, 0.6) is 11.5 Å². The lowest BCUT2D eigenvalue weighted by molar-refractivity contribution is -0.134. The summed E-state index contributed by atoms with van der Waals surface area (Å²) < 4.78 is 36.9. The number of piperazine rings is 1. The highest BCUT2D eigenvalue weighted by atomic mass is 32.2. The van der Waals surface area contributed by atoms with Crippen molar-refractivity contribution in [1.82, 2.24) is 34.7 Å². The minimum Gasteiger partial charge on any atom is -0.490 e. The van der Waals surface area contributed by atoms with Crippen LogP contribution in [0.3, 0.4) is 0 Å². The Morgan fingerprint density at radius 3 is 1.86 bits per heavy atom. The lowest BCUT2D eigenvalue weighted by atomic mass is 9.89. The number of allylic oxidation sites excluding steroid dienone is 6. The molecular weight excluding hydrogens is 1230 g/mol. The van der Waals surface area contributed by atoms with E-state index in [0.29, 0.717) is 96.2 Å². The topological polar surface area (TPSA) is 196 Å². The molecule has 17 nitrogen and oxygen atoms in total. The number of thiophene rings is 1. The molecule has 8 fully saturated rings. The Balaban J connectivity index is 0.000000123. The second-order valence-electron chi connectivity index (χ2n) is 29.2. The first-order valence-corrected chi connectivity index (χ1v) is 38.3. The Kier molecular flexibility index (Phi) is 19.3. The third-order valence-corrected chi connectivity index (χ3v) is 25.6. The molecule has 9 unspecified atom stereocenters. The third-order valence-electron chi connectivity index (χ3n) is 23.1. The van der Waals surface area contributed by atoms with Crippen LogP contribution in [-0.2, 0) is 21.2 Å². The van der Waals surface area contributed by atoms with Gasteiger partial charge in [0.15, 0.2) is 0 Å². The highest BCUT2D eigenvalue weighted by molar-refractivity contribution is 7.88. The van der Waals surface area contributed by atoms with E-state index >= 15 is 0 Å². The van der Waals surface area contributed by atoms with E-state index in [2.05, 4.69) is 98.5 Å². The maximum absolute atomic E-state index is 13.5. The lowest BCUT2D eigenvalue weighted by Crippen LogP contribution is -2.48. The van der Waals surface area contributed by atoms with Crippen LogP contribution in [-0.4, -0.2) is 147 Å². The Morgan fingerprint density at radius 2 is 1.28 bits per heavy atom. The summed E-state index contributed by atoms with van der Waals surface area (Å²) in [5.74, 6) is 9.27. The third kappa shape index (κ3) is 14.8. The molecule has 504 valence electrons. The van der Waals surface area contributed by atoms with Gasteiger partial charge >= 0.3 is 0 Å². The van der Waals surface area contributed by atoms with Crippen LogP contribution >= 0.6 is 11.3 Å². The Labute approximate surface area is 565 Å². The molecule has 5 aromatic rings. The summed E-state index contributed by atoms with van der Waals surface area (Å²) in [5, 5.41) is 10.8. The van der Waals surface area contributed by atoms with E-state index in [1.807, 2.05) is 53.1 Å². The number of hydrogen-bond acceptors (Lipinski definition) is 13. The van der Waals surface area contributed by atoms with Gasteiger partial charge in [-0.05, 0) is 209 Å². The standard InChI is InChI=1S/C28H33N5OS.C26H32N2O3.C22H30N2O4S/c1-3-19-5-8-23(9-6-19)32-10-12-33(13-11-32)28(34)25-18(2)24-26(30-17-31-27(24)35-25)29-16-22-15-20-4-7-21(22)14-20;29-24(27-16-19-14-20-6-7-23(19)26(20)10-11-26)18-2-1-3-22(15-18)31-21-8-12-28(13-9-21)25(30)17-4-5-17;1-29(26,27)24-11-8-20(9-12-24)28-21-4-2-3-19(15-21)22(25)23-10-7-18-14-16-5-6-17(18)13-16/h4-9,17,20-22H,3,10-16H2,1-2H3,(H,29,30,31);1-3,6-7,15,17,19-21,23H,4-5,8-14,16H2,(H,27,29);2-6,15-18,20H,7-14H2,1H3,(H,23,25). The predicted octanol–water partition coefficient (Wildman–Crippen LogP) is 11.8. The van der Waals surface area contributed by atoms with Gasteiger partial charge in [0.05, 0.1) is 16.5 Å². The summed E-state index contributed by atoms with van der Waals surface area (Å²) in [6.07, 6.45) is 33.6. The smallest absolute Gasteiger partial charge is 0.264 e. The molecule has 0 radical (unpaired) electrons. The van der Waals surface area contributed by atoms with Gasteiger partial charge in [-0.25, -0.2) is 22.7 Å². The molecule has 95 heavy (non-hydrogen) atoms. The van der Waals surface area contributed by atoms with E-state index in [0.717, 1.165) is 141 Å². The SMILES string of the molecule is CCc1ccc(N2CCN(C(=O)c3sc4ncnc(NCC5CC6C=CC5C6)c4c3C)CC2)cc1.CS(=O)(=O)N1CCC(Oc2cccc(C(=O)NCCC3CC4C=CC3C4)c2)CC1.O=C(NCC1CC2C=CC1C21CC1)c1cccc(OC2CCN(C(=O)C3CC3)CC2)c1. The second-order valence-corrected chi connectivity index (χ2v) is 32.2. The molecule has 4 amide bonds. The van der Waals surface area contributed by atoms with Crippen LogP contribution in [0.1, 0.15) is 138 Å². The zero-order chi connectivity index (χ0) is 65.4. The van der Waals surface area contributed by atoms with E-state index in [1.54, 1.807) is 18.5 Å². The number of benzene rings is 3. The number of fused-ring (bicyclic) bond motifs is 5. The van der Waals surface area contributed by atoms with Crippen molar-refractivity contribution in [3.63, 3.8) is 0 Å². The van der Waals surface area contributed by atoms with E-state index < -0.39 is 10.0 Å². The maximum atomic E-state index is 13.5. The van der Waals surface area contributed by atoms with Crippen LogP contribution in [0.15, 0.2) is 116 Å². The van der Waals surface area contributed by atoms with Gasteiger partial charge in [-0.1, -0.05) is 67.6 Å². The molecule has 6 bridgehead atoms. The highest BCUT2D eigenvalue weighted by Gasteiger charge is 2.62. The van der Waals surface area contributed by atoms with Gasteiger partial charge in [0.2, 0.25) is 15.9 Å². The molecule has 1 spiro atoms. The monoisotopic (exact) mass is 1330 g/mol. The van der Waals surface area contributed by atoms with E-state index in [9.17, 15) is 27.6 Å². The van der Waals surface area contributed by atoms with Gasteiger partial charge in [0.25, 0.3) is 17.7 Å². The summed E-state index contributed by atoms with van der Waals surface area (Å²) in [5.41, 5.74) is 5.43. The van der Waals surface area contributed by atoms with Gasteiger partial charge in [0, 0.05) is 108 Å². The summed E-state index contributed by atoms with van der Waals surface area (Å²) in [4.78, 5) is 68.2. The first kappa shape index (κ1) is 65.2. The number of rotatable bonds is 19. The number of nitrogens with zero attached hydrogens (tertiary/aromatic N) is 6. The van der Waals surface area contributed by atoms with Crippen LogP contribution in [0.25, 0.3) is 10.2 Å². The van der Waals surface area contributed by atoms with E-state index in [4.69, 9.17) is 9.47 Å². The molecule has 3 N–H and O–H groups in total. The largest absolute Gasteiger partial charge is 0.490 e. The Bertz CT molecular complexity index is 3820. The second kappa shape index (κ2) is 28.2. The highest BCUT2D eigenvalue weighted by Crippen LogP contribution is 2.70. The van der Waals surface area contributed by atoms with E-state index in [-0.39, 0.29) is 35.8 Å². The van der Waals surface area contributed by atoms with Crippen molar-refractivity contribution in [3.05, 3.63) is 143 Å². The number of nitrogens with one attached hydrogen (secondary N) is 3. The molecule has 2 aromatic heterocycles. The number of ether oxygens (including phenoxy) is 2. The van der Waals surface area contributed by atoms with Crippen molar-refractivity contribution in [2.45, 2.75) is 122 Å². The lowest BCUT2D eigenvalue weighted by Gasteiger charge is -2.36. The molecule has 3 aromatic carbocycles. The molecule has 3 aliphatic heterocycles. The predicted molar refractivity (Wildman–Crippen MR) is 373 cm³/mol. The quantitative estimate of drug-likeness (QED) is 0.0663. The number of aromatic nitrogens is 2. The molecular formula is C76H95N9O8S2. The number of carbonyl (C=O) groups is 4. The number of piperidine rings is 2. The van der Waals surface area contributed by atoms with Crippen molar-refractivity contribution >= 4 is 66.7 Å². The Morgan fingerprint density at radius 1 is 0.653 bits per heavy atom. The zero-order valence-electron chi connectivity index (χ0n) is 55.5. The van der Waals surface area contributed by atoms with Crippen molar-refractivity contribution < 1.29 is 37.1 Å². The van der Waals surface area contributed by atoms with Crippen LogP contribution in [0, 0.1) is 71.5 Å². The average molecular weight is 1330 g/mol. The number of carbonyl (C=O) groups excluding carboxylic acids is 4. The molecule has 19 heteroatoms. The van der Waals surface area contributed by atoms with Gasteiger partial charge < -0.3 is 40.1 Å². The molecule has 5 saturated carbocycles. The first-order chi connectivity index (χ1) is 46.1. The van der Waals surface area contributed by atoms with Crippen molar-refractivity contribution in [2.75, 3.05) is 88.5 Å². The van der Waals surface area contributed by atoms with Crippen LogP contribution in [0.2, 0.25) is 0 Å². The first-order valence-electron chi connectivity index (χ1n) is 35.6. The van der Waals surface area contributed by atoms with Gasteiger partial charge in [-0.3, -0.25) is 19.2 Å². The molecule has 3 saturated heterocycles. The fourth-order valence-electron chi connectivity index (χ4n) is 17.3. The molecule has 8 aliphatic carbocycles. The van der Waals surface area contributed by atoms with Gasteiger partial charge in [-0.2, -0.15) is 0 Å². The minimum atomic E-state index is -3.14. The number of sulfonamides is 1. The normalized spacial score (nSPS) is 26.9. The van der Waals surface area contributed by atoms with Crippen molar-refractivity contribution in [3.8, 4) is 11.5 Å². The molecule has 9 atom stereocenters. The average Bonchev–Trinajstić information content (AvgIpc) is 1.54. The number of anilines is 2. The number of aryl methyl sites for hydroxylation is 2. The molecule has 11 aliphatic rings. The summed E-state index contributed by atoms with van der Waals surface area (Å²) in [6.45, 7) is 12.3. The fourth-order valence-corrected chi connectivity index (χ4v) is 19.3. The molecule has 16 rings (SSSR count). The Hall–Kier alpha value is -7.09. The van der Waals surface area contributed by atoms with Crippen molar-refractivity contribution in [2.24, 2.45) is 64.6 Å². The summed E-state index contributed by atoms with van der Waals surface area (Å²) in [6, 6.07) is 23.6. The van der Waals surface area contributed by atoms with Gasteiger partial charge in [0.1, 0.15) is 40.7 Å². The minimum absolute atomic E-state index is 0.00750. The van der Waals surface area contributed by atoms with Crippen LogP contribution < -0.4 is 30.3 Å². The maximum Gasteiger partial charge on any atom is 0.264 e. The number of likely N-dealkylation sites (tertiary alicyclic amines) is 1. The summed E-state index contributed by atoms with van der Waals surface area (Å²) >= 11 is 1.50. The van der Waals surface area contributed by atoms with Crippen LogP contribution in [0.4, 0.5) is 11.5 Å². The number of hydrogen-bond donors (Lipinski definition) is 3. The van der Waals surface area contributed by atoms with E-state index in [1.165, 1.54) is 78.1 Å². The van der Waals surface area contributed by atoms with Crippen molar-refractivity contribution in [1.29, 1.82) is 0 Å². The van der Waals surface area contributed by atoms with Gasteiger partial charge in [-0.15, -0.1) is 11.3 Å². The zero-order valence-corrected chi connectivity index (χ0v) is 57.2. The fraction of sp³-hybridized carbons (Fsp3) is 0.553.